The summed E-state index contributed by atoms with van der Waals surface area (Å²) in [7, 11) is 1.52. The molecule has 1 amide bonds. The molecule has 0 radical (unpaired) electrons. The van der Waals surface area contributed by atoms with Crippen LogP contribution in [0.2, 0.25) is 0 Å². The molecule has 2 aromatic rings. The normalized spacial score (nSPS) is 18.0. The van der Waals surface area contributed by atoms with Crippen LogP contribution in [0.25, 0.3) is 5.76 Å². The number of hydrogen-bond donors (Lipinski definition) is 2. The van der Waals surface area contributed by atoms with Crippen LogP contribution >= 0.6 is 0 Å². The standard InChI is InChI=1S/C21H20N2O7/c1-30-10-4-9-22-18(13-5-3-8-16(24)12-13)17(20(26)21(22)27)19(25)14-6-2-7-15(11-14)23(28)29/h2-3,5-8,11-12,18,24-25H,4,9-10H2,1H3/b19-17-. The first-order chi connectivity index (χ1) is 14.3. The second-order valence-electron chi connectivity index (χ2n) is 6.74. The van der Waals surface area contributed by atoms with Gasteiger partial charge in [-0.3, -0.25) is 19.7 Å². The second-order valence-corrected chi connectivity index (χ2v) is 6.74. The number of phenols is 1. The van der Waals surface area contributed by atoms with Gasteiger partial charge in [-0.25, -0.2) is 0 Å². The summed E-state index contributed by atoms with van der Waals surface area (Å²) in [6.45, 7) is 0.547. The Balaban J connectivity index is 2.15. The summed E-state index contributed by atoms with van der Waals surface area (Å²) in [5.74, 6) is -2.28. The predicted molar refractivity (Wildman–Crippen MR) is 107 cm³/mol. The summed E-state index contributed by atoms with van der Waals surface area (Å²) in [4.78, 5) is 37.3. The Kier molecular flexibility index (Phi) is 6.12. The summed E-state index contributed by atoms with van der Waals surface area (Å²) in [6, 6.07) is 10.3. The molecule has 3 rings (SSSR count). The molecule has 1 fully saturated rings. The van der Waals surface area contributed by atoms with Crippen LogP contribution in [0.5, 0.6) is 5.75 Å². The van der Waals surface area contributed by atoms with Gasteiger partial charge in [0.15, 0.2) is 0 Å². The molecule has 2 N–H and O–H groups in total. The zero-order chi connectivity index (χ0) is 21.8. The van der Waals surface area contributed by atoms with Crippen LogP contribution in [0.1, 0.15) is 23.6 Å². The Bertz CT molecular complexity index is 1030. The molecule has 1 aliphatic heterocycles. The van der Waals surface area contributed by atoms with Gasteiger partial charge in [-0.1, -0.05) is 24.3 Å². The van der Waals surface area contributed by atoms with E-state index in [4.69, 9.17) is 4.74 Å². The number of methoxy groups -OCH3 is 1. The summed E-state index contributed by atoms with van der Waals surface area (Å²) in [5, 5.41) is 31.8. The second kappa shape index (κ2) is 8.75. The molecule has 2 aromatic carbocycles. The van der Waals surface area contributed by atoms with E-state index >= 15 is 0 Å². The van der Waals surface area contributed by atoms with E-state index in [0.717, 1.165) is 6.07 Å². The molecular weight excluding hydrogens is 392 g/mol. The van der Waals surface area contributed by atoms with Gasteiger partial charge >= 0.3 is 0 Å². The zero-order valence-electron chi connectivity index (χ0n) is 16.1. The Morgan fingerprint density at radius 3 is 2.60 bits per heavy atom. The fourth-order valence-electron chi connectivity index (χ4n) is 3.45. The molecule has 9 nitrogen and oxygen atoms in total. The number of non-ortho nitro benzene ring substituents is 1. The van der Waals surface area contributed by atoms with E-state index in [1.807, 2.05) is 0 Å². The summed E-state index contributed by atoms with van der Waals surface area (Å²) < 4.78 is 5.01. The first-order valence-electron chi connectivity index (χ1n) is 9.16. The quantitative estimate of drug-likeness (QED) is 0.179. The van der Waals surface area contributed by atoms with Crippen molar-refractivity contribution in [1.29, 1.82) is 0 Å². The number of carbonyl (C=O) groups excluding carboxylic acids is 2. The molecule has 0 spiro atoms. The summed E-state index contributed by atoms with van der Waals surface area (Å²) >= 11 is 0. The number of phenolic OH excluding ortho intramolecular Hbond substituents is 1. The molecule has 1 heterocycles. The van der Waals surface area contributed by atoms with E-state index in [1.54, 1.807) is 12.1 Å². The number of nitro benzene ring substituents is 1. The monoisotopic (exact) mass is 412 g/mol. The van der Waals surface area contributed by atoms with Crippen LogP contribution < -0.4 is 0 Å². The van der Waals surface area contributed by atoms with Gasteiger partial charge in [-0.05, 0) is 24.1 Å². The highest BCUT2D eigenvalue weighted by Gasteiger charge is 2.45. The first kappa shape index (κ1) is 21.0. The molecular formula is C21H20N2O7. The smallest absolute Gasteiger partial charge is 0.295 e. The van der Waals surface area contributed by atoms with Crippen molar-refractivity contribution in [2.24, 2.45) is 0 Å². The Morgan fingerprint density at radius 1 is 1.20 bits per heavy atom. The lowest BCUT2D eigenvalue weighted by Gasteiger charge is -2.25. The molecule has 0 aliphatic carbocycles. The zero-order valence-corrected chi connectivity index (χ0v) is 16.1. The van der Waals surface area contributed by atoms with Crippen molar-refractivity contribution in [2.45, 2.75) is 12.5 Å². The average molecular weight is 412 g/mol. The topological polar surface area (TPSA) is 130 Å². The number of aliphatic hydroxyl groups is 1. The lowest BCUT2D eigenvalue weighted by Crippen LogP contribution is -2.31. The van der Waals surface area contributed by atoms with Gasteiger partial charge in [0, 0.05) is 38.0 Å². The molecule has 30 heavy (non-hydrogen) atoms. The molecule has 0 bridgehead atoms. The van der Waals surface area contributed by atoms with Crippen LogP contribution in [0.3, 0.4) is 0 Å². The lowest BCUT2D eigenvalue weighted by molar-refractivity contribution is -0.384. The molecule has 1 atom stereocenters. The number of likely N-dealkylation sites (tertiary alicyclic amines) is 1. The number of Topliss-reactive ketones (excluding diaryl/α,β-unsaturated/α-hetero) is 1. The fourth-order valence-corrected chi connectivity index (χ4v) is 3.45. The van der Waals surface area contributed by atoms with Crippen molar-refractivity contribution < 1.29 is 29.5 Å². The highest BCUT2D eigenvalue weighted by Crippen LogP contribution is 2.40. The number of aromatic hydroxyl groups is 1. The third-order valence-electron chi connectivity index (χ3n) is 4.80. The molecule has 1 aliphatic rings. The lowest BCUT2D eigenvalue weighted by atomic mass is 9.95. The highest BCUT2D eigenvalue weighted by atomic mass is 16.6. The van der Waals surface area contributed by atoms with Crippen molar-refractivity contribution in [1.82, 2.24) is 4.90 Å². The van der Waals surface area contributed by atoms with E-state index in [2.05, 4.69) is 0 Å². The van der Waals surface area contributed by atoms with Crippen molar-refractivity contribution in [3.63, 3.8) is 0 Å². The Hall–Kier alpha value is -3.72. The van der Waals surface area contributed by atoms with Crippen LogP contribution in [0.15, 0.2) is 54.1 Å². The van der Waals surface area contributed by atoms with E-state index < -0.39 is 28.4 Å². The number of ether oxygens (including phenoxy) is 1. The Morgan fingerprint density at radius 2 is 1.93 bits per heavy atom. The van der Waals surface area contributed by atoms with Crippen LogP contribution in [-0.2, 0) is 14.3 Å². The van der Waals surface area contributed by atoms with Crippen LogP contribution in [0.4, 0.5) is 5.69 Å². The highest BCUT2D eigenvalue weighted by molar-refractivity contribution is 6.46. The van der Waals surface area contributed by atoms with Crippen LogP contribution in [0, 0.1) is 10.1 Å². The minimum atomic E-state index is -0.951. The maximum absolute atomic E-state index is 12.8. The molecule has 9 heteroatoms. The van der Waals surface area contributed by atoms with E-state index in [1.165, 1.54) is 42.3 Å². The van der Waals surface area contributed by atoms with E-state index in [-0.39, 0.29) is 29.1 Å². The molecule has 1 saturated heterocycles. The maximum atomic E-state index is 12.8. The van der Waals surface area contributed by atoms with Gasteiger partial charge in [0.05, 0.1) is 16.5 Å². The van der Waals surface area contributed by atoms with Crippen molar-refractivity contribution >= 4 is 23.1 Å². The number of hydrogen-bond acceptors (Lipinski definition) is 7. The fraction of sp³-hybridized carbons (Fsp3) is 0.238. The van der Waals surface area contributed by atoms with E-state index in [9.17, 15) is 29.9 Å². The van der Waals surface area contributed by atoms with Crippen molar-refractivity contribution in [2.75, 3.05) is 20.3 Å². The molecule has 0 aromatic heterocycles. The largest absolute Gasteiger partial charge is 0.508 e. The SMILES string of the molecule is COCCCN1C(=O)C(=O)/C(=C(\O)c2cccc([N+](=O)[O-])c2)C1c1cccc(O)c1. The third-order valence-corrected chi connectivity index (χ3v) is 4.80. The number of amides is 1. The minimum Gasteiger partial charge on any atom is -0.508 e. The van der Waals surface area contributed by atoms with Gasteiger partial charge in [-0.15, -0.1) is 0 Å². The average Bonchev–Trinajstić information content (AvgIpc) is 2.98. The first-order valence-corrected chi connectivity index (χ1v) is 9.16. The van der Waals surface area contributed by atoms with Gasteiger partial charge in [0.2, 0.25) is 0 Å². The van der Waals surface area contributed by atoms with E-state index in [0.29, 0.717) is 18.6 Å². The number of nitrogens with zero attached hydrogens (tertiary/aromatic N) is 2. The summed E-state index contributed by atoms with van der Waals surface area (Å²) in [6.07, 6.45) is 0.454. The van der Waals surface area contributed by atoms with Gasteiger partial charge < -0.3 is 19.8 Å². The van der Waals surface area contributed by atoms with Gasteiger partial charge in [0.25, 0.3) is 17.4 Å². The maximum Gasteiger partial charge on any atom is 0.295 e. The third kappa shape index (κ3) is 4.01. The van der Waals surface area contributed by atoms with Gasteiger partial charge in [0.1, 0.15) is 11.5 Å². The predicted octanol–water partition coefficient (Wildman–Crippen LogP) is 2.76. The van der Waals surface area contributed by atoms with Crippen molar-refractivity contribution in [3.05, 3.63) is 75.3 Å². The van der Waals surface area contributed by atoms with Crippen molar-refractivity contribution in [3.8, 4) is 5.75 Å². The number of rotatable bonds is 7. The number of ketones is 1. The number of carbonyl (C=O) groups is 2. The molecule has 1 unspecified atom stereocenters. The molecule has 156 valence electrons. The number of benzene rings is 2. The molecule has 0 saturated carbocycles. The number of nitro groups is 1. The van der Waals surface area contributed by atoms with Crippen LogP contribution in [-0.4, -0.2) is 52.0 Å². The number of aliphatic hydroxyl groups excluding tert-OH is 1. The summed E-state index contributed by atoms with van der Waals surface area (Å²) in [5.41, 5.74) is 0.0219. The Labute approximate surface area is 172 Å². The minimum absolute atomic E-state index is 0.0456. The van der Waals surface area contributed by atoms with Gasteiger partial charge in [-0.2, -0.15) is 0 Å².